The van der Waals surface area contributed by atoms with Gasteiger partial charge in [0.2, 0.25) is 5.91 Å². The molecule has 12 heavy (non-hydrogen) atoms. The fourth-order valence-electron chi connectivity index (χ4n) is 0.552. The molecule has 1 amide bonds. The summed E-state index contributed by atoms with van der Waals surface area (Å²) in [6, 6.07) is 1.72. The molecule has 0 saturated heterocycles. The molecule has 0 rings (SSSR count). The van der Waals surface area contributed by atoms with E-state index >= 15 is 0 Å². The molecule has 5 heteroatoms. The number of carbonyl (C=O) groups excluding carboxylic acids is 1. The molecule has 4 nitrogen and oxygen atoms in total. The van der Waals surface area contributed by atoms with Crippen LogP contribution >= 0.6 is 11.8 Å². The van der Waals surface area contributed by atoms with E-state index in [1.54, 1.807) is 6.92 Å². The van der Waals surface area contributed by atoms with Crippen LogP contribution in [0.5, 0.6) is 0 Å². The number of aliphatic hydroxyl groups is 1. The number of nitriles is 1. The summed E-state index contributed by atoms with van der Waals surface area (Å²) in [5.74, 6) is 0.454. The number of aliphatic hydroxyl groups excluding tert-OH is 1. The number of rotatable bonds is 5. The first-order chi connectivity index (χ1) is 5.70. The largest absolute Gasteiger partial charge is 0.394 e. The Morgan fingerprint density at radius 1 is 1.83 bits per heavy atom. The fourth-order valence-corrected chi connectivity index (χ4v) is 1.01. The Morgan fingerprint density at radius 2 is 2.50 bits per heavy atom. The molecule has 1 atom stereocenters. The predicted octanol–water partition coefficient (Wildman–Crippen LogP) is -0.260. The zero-order chi connectivity index (χ0) is 9.40. The van der Waals surface area contributed by atoms with Crippen LogP contribution in [0.4, 0.5) is 0 Å². The number of nitrogens with one attached hydrogen (secondary N) is 1. The average Bonchev–Trinajstić information content (AvgIpc) is 2.05. The van der Waals surface area contributed by atoms with Crippen molar-refractivity contribution in [1.82, 2.24) is 5.32 Å². The Balaban J connectivity index is 3.41. The minimum atomic E-state index is -0.208. The summed E-state index contributed by atoms with van der Waals surface area (Å²) in [6.45, 7) is 1.65. The number of amides is 1. The van der Waals surface area contributed by atoms with Gasteiger partial charge in [-0.2, -0.15) is 5.26 Å². The molecule has 0 radical (unpaired) electrons. The van der Waals surface area contributed by atoms with Crippen LogP contribution in [0.2, 0.25) is 0 Å². The molecule has 0 aromatic rings. The topological polar surface area (TPSA) is 73.1 Å². The number of thioether (sulfide) groups is 1. The van der Waals surface area contributed by atoms with Crippen LogP contribution in [0.25, 0.3) is 0 Å². The molecule has 1 unspecified atom stereocenters. The Labute approximate surface area is 76.0 Å². The van der Waals surface area contributed by atoms with Crippen LogP contribution in [0.3, 0.4) is 0 Å². The Hall–Kier alpha value is -0.730. The Bertz CT molecular complexity index is 179. The van der Waals surface area contributed by atoms with Gasteiger partial charge in [0.15, 0.2) is 0 Å². The Morgan fingerprint density at radius 3 is 3.00 bits per heavy atom. The minimum absolute atomic E-state index is 0.0609. The first kappa shape index (κ1) is 11.3. The summed E-state index contributed by atoms with van der Waals surface area (Å²) in [4.78, 5) is 10.9. The minimum Gasteiger partial charge on any atom is -0.394 e. The predicted molar refractivity (Wildman–Crippen MR) is 47.6 cm³/mol. The van der Waals surface area contributed by atoms with Gasteiger partial charge in [-0.05, 0) is 6.92 Å². The quantitative estimate of drug-likeness (QED) is 0.583. The van der Waals surface area contributed by atoms with Crippen molar-refractivity contribution < 1.29 is 9.90 Å². The molecular weight excluding hydrogens is 176 g/mol. The van der Waals surface area contributed by atoms with Gasteiger partial charge in [-0.15, -0.1) is 11.8 Å². The number of hydrogen-bond donors (Lipinski definition) is 2. The standard InChI is InChI=1S/C7H12N2O2S/c1-6(4-10)9-7(11)5-12-3-2-8/h6,10H,3-5H2,1H3,(H,9,11). The third-order valence-corrected chi connectivity index (χ3v) is 1.88. The van der Waals surface area contributed by atoms with Crippen LogP contribution in [0.1, 0.15) is 6.92 Å². The van der Waals surface area contributed by atoms with Gasteiger partial charge >= 0.3 is 0 Å². The SMILES string of the molecule is CC(CO)NC(=O)CSCC#N. The molecule has 0 aliphatic heterocycles. The van der Waals surface area contributed by atoms with E-state index in [2.05, 4.69) is 5.32 Å². The maximum Gasteiger partial charge on any atom is 0.230 e. The van der Waals surface area contributed by atoms with Crippen molar-refractivity contribution in [2.45, 2.75) is 13.0 Å². The lowest BCUT2D eigenvalue weighted by atomic mass is 10.4. The molecule has 0 spiro atoms. The zero-order valence-electron chi connectivity index (χ0n) is 6.91. The van der Waals surface area contributed by atoms with Crippen molar-refractivity contribution in [2.75, 3.05) is 18.1 Å². The van der Waals surface area contributed by atoms with Crippen molar-refractivity contribution in [3.63, 3.8) is 0 Å². The van der Waals surface area contributed by atoms with Gasteiger partial charge in [0.25, 0.3) is 0 Å². The van der Waals surface area contributed by atoms with E-state index in [0.717, 1.165) is 0 Å². The highest BCUT2D eigenvalue weighted by Crippen LogP contribution is 1.96. The van der Waals surface area contributed by atoms with Crippen molar-refractivity contribution in [3.8, 4) is 6.07 Å². The van der Waals surface area contributed by atoms with Gasteiger partial charge in [0, 0.05) is 6.04 Å². The van der Waals surface area contributed by atoms with Crippen LogP contribution < -0.4 is 5.32 Å². The van der Waals surface area contributed by atoms with Crippen molar-refractivity contribution in [2.24, 2.45) is 0 Å². The highest BCUT2D eigenvalue weighted by Gasteiger charge is 2.04. The highest BCUT2D eigenvalue weighted by atomic mass is 32.2. The molecule has 0 aliphatic carbocycles. The third kappa shape index (κ3) is 6.01. The maximum atomic E-state index is 10.9. The number of carbonyl (C=O) groups is 1. The second-order valence-electron chi connectivity index (χ2n) is 2.30. The smallest absolute Gasteiger partial charge is 0.230 e. The molecule has 0 saturated carbocycles. The van der Waals surface area contributed by atoms with E-state index in [-0.39, 0.29) is 24.3 Å². The van der Waals surface area contributed by atoms with E-state index < -0.39 is 0 Å². The molecule has 0 aromatic heterocycles. The monoisotopic (exact) mass is 188 g/mol. The molecule has 0 bridgehead atoms. The van der Waals surface area contributed by atoms with E-state index in [0.29, 0.717) is 5.75 Å². The number of hydrogen-bond acceptors (Lipinski definition) is 4. The van der Waals surface area contributed by atoms with Crippen LogP contribution in [0.15, 0.2) is 0 Å². The lowest BCUT2D eigenvalue weighted by Crippen LogP contribution is -2.36. The summed E-state index contributed by atoms with van der Waals surface area (Å²) in [5, 5.41) is 19.3. The molecule has 68 valence electrons. The first-order valence-corrected chi connectivity index (χ1v) is 4.71. The maximum absolute atomic E-state index is 10.9. The molecular formula is C7H12N2O2S. The summed E-state index contributed by atoms with van der Waals surface area (Å²) in [5.41, 5.74) is 0. The fraction of sp³-hybridized carbons (Fsp3) is 0.714. The molecule has 0 fully saturated rings. The molecule has 0 aliphatic rings. The van der Waals surface area contributed by atoms with E-state index in [1.807, 2.05) is 6.07 Å². The van der Waals surface area contributed by atoms with Crippen molar-refractivity contribution >= 4 is 17.7 Å². The Kier molecular flexibility index (Phi) is 6.53. The van der Waals surface area contributed by atoms with E-state index in [1.165, 1.54) is 11.8 Å². The highest BCUT2D eigenvalue weighted by molar-refractivity contribution is 8.00. The van der Waals surface area contributed by atoms with Gasteiger partial charge in [-0.25, -0.2) is 0 Å². The summed E-state index contributed by atoms with van der Waals surface area (Å²) in [6.07, 6.45) is 0. The molecule has 2 N–H and O–H groups in total. The number of nitrogens with zero attached hydrogens (tertiary/aromatic N) is 1. The van der Waals surface area contributed by atoms with Gasteiger partial charge in [-0.3, -0.25) is 4.79 Å². The third-order valence-electron chi connectivity index (χ3n) is 1.08. The van der Waals surface area contributed by atoms with Crippen molar-refractivity contribution in [1.29, 1.82) is 5.26 Å². The van der Waals surface area contributed by atoms with Gasteiger partial charge in [-0.1, -0.05) is 0 Å². The average molecular weight is 188 g/mol. The van der Waals surface area contributed by atoms with E-state index in [9.17, 15) is 4.79 Å². The second-order valence-corrected chi connectivity index (χ2v) is 3.29. The zero-order valence-corrected chi connectivity index (χ0v) is 7.73. The van der Waals surface area contributed by atoms with Gasteiger partial charge in [0.1, 0.15) is 0 Å². The van der Waals surface area contributed by atoms with Gasteiger partial charge in [0.05, 0.1) is 24.2 Å². The van der Waals surface area contributed by atoms with Crippen LogP contribution in [-0.2, 0) is 4.79 Å². The lowest BCUT2D eigenvalue weighted by Gasteiger charge is -2.09. The van der Waals surface area contributed by atoms with Crippen LogP contribution in [-0.4, -0.2) is 35.2 Å². The summed E-state index contributed by atoms with van der Waals surface area (Å²) < 4.78 is 0. The summed E-state index contributed by atoms with van der Waals surface area (Å²) >= 11 is 1.26. The normalized spacial score (nSPS) is 11.8. The lowest BCUT2D eigenvalue weighted by molar-refractivity contribution is -0.119. The molecule has 0 heterocycles. The van der Waals surface area contributed by atoms with Crippen LogP contribution in [0, 0.1) is 11.3 Å². The van der Waals surface area contributed by atoms with E-state index in [4.69, 9.17) is 10.4 Å². The second kappa shape index (κ2) is 6.95. The first-order valence-electron chi connectivity index (χ1n) is 3.55. The summed E-state index contributed by atoms with van der Waals surface area (Å²) in [7, 11) is 0. The van der Waals surface area contributed by atoms with Crippen molar-refractivity contribution in [3.05, 3.63) is 0 Å². The van der Waals surface area contributed by atoms with Gasteiger partial charge < -0.3 is 10.4 Å². The molecule has 0 aromatic carbocycles.